The molecule has 0 amide bonds. The Kier molecular flexibility index (Phi) is 3.34. The first-order valence-corrected chi connectivity index (χ1v) is 8.77. The summed E-state index contributed by atoms with van der Waals surface area (Å²) in [5, 5.41) is 22.9. The Labute approximate surface area is 146 Å². The minimum Gasteiger partial charge on any atom is -0.395 e. The zero-order chi connectivity index (χ0) is 16.8. The summed E-state index contributed by atoms with van der Waals surface area (Å²) in [6.45, 7) is 1.55. The van der Waals surface area contributed by atoms with Gasteiger partial charge in [0.2, 0.25) is 0 Å². The van der Waals surface area contributed by atoms with Crippen molar-refractivity contribution in [2.45, 2.75) is 6.54 Å². The number of fused-ring (bicyclic) bond motifs is 2. The zero-order valence-electron chi connectivity index (χ0n) is 13.9. The van der Waals surface area contributed by atoms with E-state index in [9.17, 15) is 0 Å². The molecule has 0 aliphatic carbocycles. The SMILES string of the molecule is OCCNCc1ccc2c3cccc4cccc(c5cccc1c52)c43. The van der Waals surface area contributed by atoms with Gasteiger partial charge in [0.15, 0.2) is 0 Å². The van der Waals surface area contributed by atoms with E-state index in [4.69, 9.17) is 5.11 Å². The lowest BCUT2D eigenvalue weighted by molar-refractivity contribution is 0.292. The molecule has 122 valence electrons. The first kappa shape index (κ1) is 14.6. The first-order chi connectivity index (χ1) is 12.4. The third-order valence-corrected chi connectivity index (χ3v) is 5.22. The Morgan fingerprint density at radius 3 is 1.96 bits per heavy atom. The molecule has 0 bridgehead atoms. The van der Waals surface area contributed by atoms with Crippen molar-refractivity contribution in [3.8, 4) is 0 Å². The third-order valence-electron chi connectivity index (χ3n) is 5.22. The monoisotopic (exact) mass is 325 g/mol. The second-order valence-electron chi connectivity index (χ2n) is 6.61. The molecule has 0 spiro atoms. The van der Waals surface area contributed by atoms with Crippen molar-refractivity contribution in [1.29, 1.82) is 0 Å². The zero-order valence-corrected chi connectivity index (χ0v) is 13.9. The summed E-state index contributed by atoms with van der Waals surface area (Å²) < 4.78 is 0. The highest BCUT2D eigenvalue weighted by Crippen LogP contribution is 2.40. The molecule has 0 aliphatic rings. The molecule has 5 aromatic carbocycles. The summed E-state index contributed by atoms with van der Waals surface area (Å²) in [5.74, 6) is 0. The molecule has 0 aromatic heterocycles. The molecule has 0 radical (unpaired) electrons. The fourth-order valence-corrected chi connectivity index (χ4v) is 4.16. The van der Waals surface area contributed by atoms with Crippen LogP contribution < -0.4 is 5.32 Å². The van der Waals surface area contributed by atoms with Gasteiger partial charge in [0.05, 0.1) is 6.61 Å². The van der Waals surface area contributed by atoms with Crippen LogP contribution >= 0.6 is 0 Å². The maximum Gasteiger partial charge on any atom is 0.0556 e. The van der Waals surface area contributed by atoms with Crippen molar-refractivity contribution in [2.24, 2.45) is 0 Å². The molecule has 5 rings (SSSR count). The van der Waals surface area contributed by atoms with Gasteiger partial charge in [0.1, 0.15) is 0 Å². The van der Waals surface area contributed by atoms with E-state index in [0.29, 0.717) is 6.54 Å². The van der Waals surface area contributed by atoms with Crippen LogP contribution in [0.15, 0.2) is 66.7 Å². The van der Waals surface area contributed by atoms with Crippen molar-refractivity contribution >= 4 is 43.1 Å². The molecule has 0 aliphatic heterocycles. The topological polar surface area (TPSA) is 32.3 Å². The Hall–Kier alpha value is -2.68. The molecule has 0 saturated carbocycles. The van der Waals surface area contributed by atoms with Crippen molar-refractivity contribution in [3.05, 3.63) is 72.3 Å². The Balaban J connectivity index is 1.93. The van der Waals surface area contributed by atoms with Crippen molar-refractivity contribution in [2.75, 3.05) is 13.2 Å². The van der Waals surface area contributed by atoms with Crippen LogP contribution in [-0.4, -0.2) is 18.3 Å². The standard InChI is InChI=1S/C23H19NO/c25-13-12-24-14-16-10-11-21-19-8-2-5-15-4-1-7-18(22(15)19)20-9-3-6-17(16)23(20)21/h1-11,24-25H,12-14H2. The van der Waals surface area contributed by atoms with Gasteiger partial charge in [-0.2, -0.15) is 0 Å². The van der Waals surface area contributed by atoms with Gasteiger partial charge in [0.25, 0.3) is 0 Å². The first-order valence-electron chi connectivity index (χ1n) is 8.77. The fraction of sp³-hybridized carbons (Fsp3) is 0.130. The van der Waals surface area contributed by atoms with Crippen LogP contribution in [0.3, 0.4) is 0 Å². The number of nitrogens with one attached hydrogen (secondary N) is 1. The third kappa shape index (κ3) is 2.12. The highest BCUT2D eigenvalue weighted by Gasteiger charge is 2.13. The average Bonchev–Trinajstić information content (AvgIpc) is 2.67. The minimum absolute atomic E-state index is 0.163. The van der Waals surface area contributed by atoms with Gasteiger partial charge in [-0.15, -0.1) is 0 Å². The molecule has 0 heterocycles. The van der Waals surface area contributed by atoms with Gasteiger partial charge in [-0.3, -0.25) is 0 Å². The Bertz CT molecular complexity index is 1160. The summed E-state index contributed by atoms with van der Waals surface area (Å²) in [7, 11) is 0. The van der Waals surface area contributed by atoms with E-state index >= 15 is 0 Å². The van der Waals surface area contributed by atoms with E-state index in [2.05, 4.69) is 72.0 Å². The van der Waals surface area contributed by atoms with E-state index in [1.54, 1.807) is 0 Å². The molecule has 2 heteroatoms. The van der Waals surface area contributed by atoms with E-state index < -0.39 is 0 Å². The summed E-state index contributed by atoms with van der Waals surface area (Å²) in [4.78, 5) is 0. The minimum atomic E-state index is 0.163. The molecule has 0 atom stereocenters. The molecular weight excluding hydrogens is 306 g/mol. The van der Waals surface area contributed by atoms with E-state index in [1.807, 2.05) is 0 Å². The van der Waals surface area contributed by atoms with Crippen LogP contribution in [0.2, 0.25) is 0 Å². The molecule has 2 N–H and O–H groups in total. The van der Waals surface area contributed by atoms with E-state index in [-0.39, 0.29) is 6.61 Å². The quantitative estimate of drug-likeness (QED) is 0.282. The number of hydrogen-bond donors (Lipinski definition) is 2. The fourth-order valence-electron chi connectivity index (χ4n) is 4.16. The smallest absolute Gasteiger partial charge is 0.0556 e. The van der Waals surface area contributed by atoms with Gasteiger partial charge in [-0.25, -0.2) is 0 Å². The molecule has 0 unspecified atom stereocenters. The predicted molar refractivity (Wildman–Crippen MR) is 106 cm³/mol. The van der Waals surface area contributed by atoms with Crippen LogP contribution in [0.5, 0.6) is 0 Å². The number of hydrogen-bond acceptors (Lipinski definition) is 2. The van der Waals surface area contributed by atoms with Gasteiger partial charge in [0, 0.05) is 13.1 Å². The van der Waals surface area contributed by atoms with Gasteiger partial charge < -0.3 is 10.4 Å². The molecule has 5 aromatic rings. The Morgan fingerprint density at radius 2 is 1.24 bits per heavy atom. The maximum atomic E-state index is 9.02. The second-order valence-corrected chi connectivity index (χ2v) is 6.61. The summed E-state index contributed by atoms with van der Waals surface area (Å²) >= 11 is 0. The van der Waals surface area contributed by atoms with Crippen LogP contribution in [0.25, 0.3) is 43.1 Å². The van der Waals surface area contributed by atoms with Crippen molar-refractivity contribution < 1.29 is 5.11 Å². The average molecular weight is 325 g/mol. The van der Waals surface area contributed by atoms with E-state index in [0.717, 1.165) is 6.54 Å². The predicted octanol–water partition coefficient (Wildman–Crippen LogP) is 4.82. The van der Waals surface area contributed by atoms with Crippen LogP contribution in [-0.2, 0) is 6.54 Å². The number of aliphatic hydroxyl groups is 1. The summed E-state index contributed by atoms with van der Waals surface area (Å²) in [5.41, 5.74) is 1.28. The molecular formula is C23H19NO. The normalized spacial score (nSPS) is 12.0. The lowest BCUT2D eigenvalue weighted by atomic mass is 9.88. The number of benzene rings is 5. The molecule has 2 nitrogen and oxygen atoms in total. The second kappa shape index (κ2) is 5.69. The Morgan fingerprint density at radius 1 is 0.640 bits per heavy atom. The molecule has 25 heavy (non-hydrogen) atoms. The molecule has 0 fully saturated rings. The maximum absolute atomic E-state index is 9.02. The summed E-state index contributed by atoms with van der Waals surface area (Å²) in [6.07, 6.45) is 0. The van der Waals surface area contributed by atoms with Crippen molar-refractivity contribution in [1.82, 2.24) is 5.32 Å². The van der Waals surface area contributed by atoms with Gasteiger partial charge in [-0.1, -0.05) is 66.7 Å². The van der Waals surface area contributed by atoms with E-state index in [1.165, 1.54) is 48.7 Å². The highest BCUT2D eigenvalue weighted by atomic mass is 16.3. The van der Waals surface area contributed by atoms with Gasteiger partial charge >= 0.3 is 0 Å². The van der Waals surface area contributed by atoms with Crippen LogP contribution in [0.4, 0.5) is 0 Å². The number of aliphatic hydroxyl groups excluding tert-OH is 1. The lowest BCUT2D eigenvalue weighted by Crippen LogP contribution is -2.17. The number of rotatable bonds is 4. The van der Waals surface area contributed by atoms with Gasteiger partial charge in [-0.05, 0) is 48.7 Å². The van der Waals surface area contributed by atoms with Crippen LogP contribution in [0.1, 0.15) is 5.56 Å². The van der Waals surface area contributed by atoms with Crippen LogP contribution in [0, 0.1) is 0 Å². The highest BCUT2D eigenvalue weighted by molar-refractivity contribution is 6.33. The summed E-state index contributed by atoms with van der Waals surface area (Å²) in [6, 6.07) is 24.3. The lowest BCUT2D eigenvalue weighted by Gasteiger charge is -2.16. The largest absolute Gasteiger partial charge is 0.395 e. The molecule has 0 saturated heterocycles. The van der Waals surface area contributed by atoms with Crippen molar-refractivity contribution in [3.63, 3.8) is 0 Å².